The van der Waals surface area contributed by atoms with Crippen LogP contribution < -0.4 is 5.32 Å². The zero-order chi connectivity index (χ0) is 16.7. The second-order valence-electron chi connectivity index (χ2n) is 5.17. The quantitative estimate of drug-likeness (QED) is 0.377. The monoisotopic (exact) mass is 316 g/mol. The molecule has 2 aromatic rings. The first kappa shape index (κ1) is 16.5. The largest absolute Gasteiger partial charge is 0.354 e. The van der Waals surface area contributed by atoms with Crippen molar-refractivity contribution in [1.29, 1.82) is 0 Å². The van der Waals surface area contributed by atoms with E-state index >= 15 is 0 Å². The van der Waals surface area contributed by atoms with Gasteiger partial charge in [0.05, 0.1) is 18.0 Å². The second kappa shape index (κ2) is 7.92. The highest BCUT2D eigenvalue weighted by atomic mass is 16.6. The molecule has 8 heteroatoms. The number of aromatic nitrogens is 2. The molecule has 0 aliphatic rings. The number of hydrogen-bond donors (Lipinski definition) is 1. The molecule has 0 aliphatic carbocycles. The normalized spacial score (nSPS) is 11.3. The molecule has 0 saturated heterocycles. The molecule has 1 aromatic carbocycles. The van der Waals surface area contributed by atoms with Crippen molar-refractivity contribution in [2.45, 2.75) is 13.1 Å². The molecule has 0 fully saturated rings. The molecule has 0 bridgehead atoms. The topological polar surface area (TPSA) is 88.6 Å². The van der Waals surface area contributed by atoms with Crippen LogP contribution in [-0.2, 0) is 13.1 Å². The van der Waals surface area contributed by atoms with E-state index in [2.05, 4.69) is 15.4 Å². The van der Waals surface area contributed by atoms with E-state index in [9.17, 15) is 10.1 Å². The van der Waals surface area contributed by atoms with Crippen LogP contribution >= 0.6 is 0 Å². The first-order valence-corrected chi connectivity index (χ1v) is 7.22. The summed E-state index contributed by atoms with van der Waals surface area (Å²) in [6, 6.07) is 10.00. The van der Waals surface area contributed by atoms with E-state index in [1.54, 1.807) is 0 Å². The number of guanidine groups is 1. The Morgan fingerprint density at radius 2 is 2.13 bits per heavy atom. The minimum atomic E-state index is -0.455. The van der Waals surface area contributed by atoms with Crippen LogP contribution in [0.5, 0.6) is 0 Å². The Bertz CT molecular complexity index is 666. The summed E-state index contributed by atoms with van der Waals surface area (Å²) in [4.78, 5) is 16.6. The summed E-state index contributed by atoms with van der Waals surface area (Å²) in [6.07, 6.45) is 2.66. The van der Waals surface area contributed by atoms with Crippen molar-refractivity contribution in [2.24, 2.45) is 4.99 Å². The van der Waals surface area contributed by atoms with Gasteiger partial charge in [-0.05, 0) is 5.56 Å². The average molecular weight is 316 g/mol. The fourth-order valence-electron chi connectivity index (χ4n) is 1.96. The number of benzene rings is 1. The van der Waals surface area contributed by atoms with Gasteiger partial charge in [0.15, 0.2) is 5.96 Å². The van der Waals surface area contributed by atoms with E-state index < -0.39 is 4.92 Å². The van der Waals surface area contributed by atoms with Crippen molar-refractivity contribution in [3.8, 4) is 0 Å². The molecule has 8 nitrogen and oxygen atoms in total. The Morgan fingerprint density at radius 1 is 1.39 bits per heavy atom. The van der Waals surface area contributed by atoms with Gasteiger partial charge in [0.2, 0.25) is 0 Å². The van der Waals surface area contributed by atoms with Gasteiger partial charge in [-0.3, -0.25) is 14.8 Å². The fourth-order valence-corrected chi connectivity index (χ4v) is 1.96. The molecule has 0 saturated carbocycles. The predicted molar refractivity (Wildman–Crippen MR) is 88.2 cm³/mol. The van der Waals surface area contributed by atoms with Crippen molar-refractivity contribution in [2.75, 3.05) is 20.6 Å². The van der Waals surface area contributed by atoms with E-state index in [0.717, 1.165) is 11.5 Å². The van der Waals surface area contributed by atoms with Gasteiger partial charge in [-0.2, -0.15) is 5.10 Å². The zero-order valence-corrected chi connectivity index (χ0v) is 13.2. The first-order chi connectivity index (χ1) is 11.1. The molecule has 0 atom stereocenters. The van der Waals surface area contributed by atoms with Crippen LogP contribution in [0.1, 0.15) is 5.56 Å². The number of nitrogens with one attached hydrogen (secondary N) is 1. The maximum atomic E-state index is 10.6. The molecule has 0 unspecified atom stereocenters. The van der Waals surface area contributed by atoms with Crippen LogP contribution in [-0.4, -0.2) is 46.2 Å². The van der Waals surface area contributed by atoms with Crippen LogP contribution in [0.4, 0.5) is 5.69 Å². The Morgan fingerprint density at radius 3 is 2.74 bits per heavy atom. The van der Waals surface area contributed by atoms with Crippen molar-refractivity contribution in [3.63, 3.8) is 0 Å². The lowest BCUT2D eigenvalue weighted by Crippen LogP contribution is -2.38. The lowest BCUT2D eigenvalue weighted by Gasteiger charge is -2.17. The second-order valence-corrected chi connectivity index (χ2v) is 5.17. The van der Waals surface area contributed by atoms with Crippen LogP contribution in [0.2, 0.25) is 0 Å². The summed E-state index contributed by atoms with van der Waals surface area (Å²) in [5.41, 5.74) is 1.13. The Labute approximate surface area is 134 Å². The molecule has 0 amide bonds. The SMILES string of the molecule is CN(C)C(=NCc1ccccc1)NCCn1cc([N+](=O)[O-])cn1. The molecular weight excluding hydrogens is 296 g/mol. The Kier molecular flexibility index (Phi) is 5.67. The highest BCUT2D eigenvalue weighted by Gasteiger charge is 2.08. The lowest BCUT2D eigenvalue weighted by molar-refractivity contribution is -0.385. The standard InChI is InChI=1S/C15H20N6O2/c1-19(2)15(17-10-13-6-4-3-5-7-13)16-8-9-20-12-14(11-18-20)21(22)23/h3-7,11-12H,8-10H2,1-2H3,(H,16,17). The van der Waals surface area contributed by atoms with Crippen LogP contribution in [0.25, 0.3) is 0 Å². The number of rotatable bonds is 6. The van der Waals surface area contributed by atoms with Gasteiger partial charge < -0.3 is 10.2 Å². The molecule has 0 spiro atoms. The number of nitrogens with zero attached hydrogens (tertiary/aromatic N) is 5. The zero-order valence-electron chi connectivity index (χ0n) is 13.2. The minimum Gasteiger partial charge on any atom is -0.354 e. The summed E-state index contributed by atoms with van der Waals surface area (Å²) in [7, 11) is 3.82. The number of nitro groups is 1. The minimum absolute atomic E-state index is 0.00409. The molecule has 0 radical (unpaired) electrons. The summed E-state index contributed by atoms with van der Waals surface area (Å²) >= 11 is 0. The Balaban J connectivity index is 1.88. The fraction of sp³-hybridized carbons (Fsp3) is 0.333. The molecule has 23 heavy (non-hydrogen) atoms. The van der Waals surface area contributed by atoms with Gasteiger partial charge in [-0.15, -0.1) is 0 Å². The third-order valence-electron chi connectivity index (χ3n) is 3.13. The number of aliphatic imine (C=N–C) groups is 1. The highest BCUT2D eigenvalue weighted by Crippen LogP contribution is 2.07. The van der Waals surface area contributed by atoms with E-state index in [4.69, 9.17) is 0 Å². The van der Waals surface area contributed by atoms with Gasteiger partial charge in [-0.25, -0.2) is 4.99 Å². The van der Waals surface area contributed by atoms with Crippen LogP contribution in [0.3, 0.4) is 0 Å². The Hall–Kier alpha value is -2.90. The van der Waals surface area contributed by atoms with Crippen molar-refractivity contribution in [3.05, 3.63) is 58.4 Å². The average Bonchev–Trinajstić information content (AvgIpc) is 3.00. The van der Waals surface area contributed by atoms with E-state index in [-0.39, 0.29) is 5.69 Å². The van der Waals surface area contributed by atoms with E-state index in [1.807, 2.05) is 49.3 Å². The van der Waals surface area contributed by atoms with Crippen LogP contribution in [0, 0.1) is 10.1 Å². The summed E-state index contributed by atoms with van der Waals surface area (Å²) in [5.74, 6) is 0.760. The van der Waals surface area contributed by atoms with E-state index in [0.29, 0.717) is 19.6 Å². The summed E-state index contributed by atoms with van der Waals surface area (Å²) < 4.78 is 1.54. The van der Waals surface area contributed by atoms with Crippen molar-refractivity contribution >= 4 is 11.6 Å². The molecule has 2 rings (SSSR count). The maximum Gasteiger partial charge on any atom is 0.306 e. The van der Waals surface area contributed by atoms with Gasteiger partial charge in [0, 0.05) is 20.6 Å². The van der Waals surface area contributed by atoms with Crippen LogP contribution in [0.15, 0.2) is 47.7 Å². The molecule has 0 aliphatic heterocycles. The van der Waals surface area contributed by atoms with Crippen molar-refractivity contribution < 1.29 is 4.92 Å². The van der Waals surface area contributed by atoms with Gasteiger partial charge in [0.1, 0.15) is 12.4 Å². The molecule has 1 aromatic heterocycles. The summed E-state index contributed by atoms with van der Waals surface area (Å²) in [6.45, 7) is 1.69. The maximum absolute atomic E-state index is 10.6. The lowest BCUT2D eigenvalue weighted by atomic mass is 10.2. The van der Waals surface area contributed by atoms with Gasteiger partial charge in [0.25, 0.3) is 0 Å². The third-order valence-corrected chi connectivity index (χ3v) is 3.13. The predicted octanol–water partition coefficient (Wildman–Crippen LogP) is 1.50. The first-order valence-electron chi connectivity index (χ1n) is 7.22. The molecule has 1 heterocycles. The molecular formula is C15H20N6O2. The smallest absolute Gasteiger partial charge is 0.306 e. The van der Waals surface area contributed by atoms with Gasteiger partial charge >= 0.3 is 5.69 Å². The van der Waals surface area contributed by atoms with Crippen molar-refractivity contribution in [1.82, 2.24) is 20.0 Å². The third kappa shape index (κ3) is 5.10. The number of hydrogen-bond acceptors (Lipinski definition) is 4. The summed E-state index contributed by atoms with van der Waals surface area (Å²) in [5, 5.41) is 17.8. The molecule has 122 valence electrons. The molecule has 1 N–H and O–H groups in total. The van der Waals surface area contributed by atoms with E-state index in [1.165, 1.54) is 17.1 Å². The highest BCUT2D eigenvalue weighted by molar-refractivity contribution is 5.79. The van der Waals surface area contributed by atoms with Gasteiger partial charge in [-0.1, -0.05) is 30.3 Å².